The summed E-state index contributed by atoms with van der Waals surface area (Å²) in [5, 5.41) is 20.8. The summed E-state index contributed by atoms with van der Waals surface area (Å²) < 4.78 is 12.6. The Labute approximate surface area is 269 Å². The van der Waals surface area contributed by atoms with E-state index in [0.717, 1.165) is 24.8 Å². The summed E-state index contributed by atoms with van der Waals surface area (Å²) in [7, 11) is 0. The van der Waals surface area contributed by atoms with E-state index in [1.54, 1.807) is 42.5 Å². The first-order valence-electron chi connectivity index (χ1n) is 14.4. The van der Waals surface area contributed by atoms with Gasteiger partial charge in [0.2, 0.25) is 5.13 Å². The zero-order chi connectivity index (χ0) is 31.1. The number of carbonyl (C=O) groups is 2. The minimum atomic E-state index is -0.987. The van der Waals surface area contributed by atoms with E-state index in [-0.39, 0.29) is 16.5 Å². The van der Waals surface area contributed by atoms with E-state index in [9.17, 15) is 14.7 Å². The second-order valence-electron chi connectivity index (χ2n) is 10.00. The van der Waals surface area contributed by atoms with Crippen LogP contribution in [0.15, 0.2) is 82.7 Å². The Balaban J connectivity index is 1.55. The molecule has 1 aliphatic heterocycles. The summed E-state index contributed by atoms with van der Waals surface area (Å²) in [4.78, 5) is 28.6. The number of aromatic nitrogens is 2. The molecule has 1 N–H and O–H groups in total. The number of thioether (sulfide) groups is 1. The number of rotatable bonds is 13. The summed E-state index contributed by atoms with van der Waals surface area (Å²) >= 11 is 8.78. The van der Waals surface area contributed by atoms with Gasteiger partial charge in [0.25, 0.3) is 5.78 Å². The molecule has 1 unspecified atom stereocenters. The number of ketones is 1. The first-order valence-corrected chi connectivity index (χ1v) is 16.6. The van der Waals surface area contributed by atoms with Gasteiger partial charge in [-0.25, -0.2) is 0 Å². The number of amides is 1. The molecule has 2 heterocycles. The minimum Gasteiger partial charge on any atom is -0.507 e. The van der Waals surface area contributed by atoms with Crippen molar-refractivity contribution < 1.29 is 24.2 Å². The van der Waals surface area contributed by atoms with Crippen LogP contribution in [0.3, 0.4) is 0 Å². The third kappa shape index (κ3) is 7.09. The monoisotopic (exact) mass is 649 g/mol. The summed E-state index contributed by atoms with van der Waals surface area (Å²) in [6, 6.07) is 20.7. The number of unbranched alkanes of at least 4 members (excludes halogenated alkanes) is 2. The van der Waals surface area contributed by atoms with Crippen LogP contribution in [0, 0.1) is 0 Å². The molecular formula is C33H32ClN3O5S2. The number of nitrogens with zero attached hydrogens (tertiary/aromatic N) is 3. The number of halogens is 1. The van der Waals surface area contributed by atoms with E-state index in [4.69, 9.17) is 21.1 Å². The Morgan fingerprint density at radius 3 is 2.48 bits per heavy atom. The van der Waals surface area contributed by atoms with Crippen LogP contribution in [-0.4, -0.2) is 40.2 Å². The van der Waals surface area contributed by atoms with Gasteiger partial charge >= 0.3 is 5.91 Å². The molecule has 8 nitrogen and oxygen atoms in total. The lowest BCUT2D eigenvalue weighted by Gasteiger charge is -2.23. The van der Waals surface area contributed by atoms with Gasteiger partial charge in [-0.1, -0.05) is 90.9 Å². The third-order valence-electron chi connectivity index (χ3n) is 6.96. The van der Waals surface area contributed by atoms with Crippen molar-refractivity contribution in [1.29, 1.82) is 0 Å². The maximum Gasteiger partial charge on any atom is 0.301 e. The van der Waals surface area contributed by atoms with Crippen LogP contribution in [0.4, 0.5) is 5.13 Å². The zero-order valence-corrected chi connectivity index (χ0v) is 26.8. The van der Waals surface area contributed by atoms with Crippen molar-refractivity contribution in [3.8, 4) is 11.5 Å². The molecule has 1 fully saturated rings. The van der Waals surface area contributed by atoms with Gasteiger partial charge in [0, 0.05) is 16.3 Å². The Hall–Kier alpha value is -3.86. The molecule has 3 aromatic carbocycles. The van der Waals surface area contributed by atoms with E-state index in [1.165, 1.54) is 28.0 Å². The number of aliphatic hydroxyl groups is 1. The maximum atomic E-state index is 13.6. The number of hydrogen-bond donors (Lipinski definition) is 1. The van der Waals surface area contributed by atoms with Crippen molar-refractivity contribution in [3.63, 3.8) is 0 Å². The molecule has 1 saturated heterocycles. The number of benzene rings is 3. The molecule has 1 aliphatic rings. The number of carbonyl (C=O) groups excluding carboxylic acids is 2. The Kier molecular flexibility index (Phi) is 10.6. The zero-order valence-electron chi connectivity index (χ0n) is 24.4. The highest BCUT2D eigenvalue weighted by atomic mass is 35.5. The number of aliphatic hydroxyl groups excluding tert-OH is 1. The summed E-state index contributed by atoms with van der Waals surface area (Å²) in [5.74, 6) is -0.223. The second kappa shape index (κ2) is 14.7. The quantitative estimate of drug-likeness (QED) is 0.0387. The molecule has 11 heteroatoms. The summed E-state index contributed by atoms with van der Waals surface area (Å²) in [5.41, 5.74) is 1.97. The van der Waals surface area contributed by atoms with Crippen molar-refractivity contribution in [1.82, 2.24) is 10.2 Å². The number of Topliss-reactive ketones (excluding diaryl/α,β-unsaturated/α-hetero) is 1. The Bertz CT molecular complexity index is 1640. The molecule has 5 rings (SSSR count). The summed E-state index contributed by atoms with van der Waals surface area (Å²) in [6.45, 7) is 4.93. The minimum absolute atomic E-state index is 0.0647. The van der Waals surface area contributed by atoms with E-state index in [0.29, 0.717) is 51.0 Å². The lowest BCUT2D eigenvalue weighted by atomic mass is 9.95. The van der Waals surface area contributed by atoms with Crippen molar-refractivity contribution in [3.05, 3.63) is 100 Å². The van der Waals surface area contributed by atoms with Crippen molar-refractivity contribution >= 4 is 57.3 Å². The molecule has 1 aromatic heterocycles. The molecule has 4 aromatic rings. The predicted octanol–water partition coefficient (Wildman–Crippen LogP) is 8.08. The lowest BCUT2D eigenvalue weighted by molar-refractivity contribution is -0.132. The van der Waals surface area contributed by atoms with Crippen molar-refractivity contribution in [2.75, 3.05) is 18.1 Å². The first kappa shape index (κ1) is 31.6. The lowest BCUT2D eigenvalue weighted by Crippen LogP contribution is -2.29. The van der Waals surface area contributed by atoms with E-state index < -0.39 is 17.7 Å². The molecule has 0 radical (unpaired) electrons. The van der Waals surface area contributed by atoms with Gasteiger partial charge in [-0.3, -0.25) is 14.5 Å². The molecule has 0 spiro atoms. The predicted molar refractivity (Wildman–Crippen MR) is 175 cm³/mol. The molecule has 44 heavy (non-hydrogen) atoms. The smallest absolute Gasteiger partial charge is 0.301 e. The van der Waals surface area contributed by atoms with Crippen molar-refractivity contribution in [2.24, 2.45) is 0 Å². The van der Waals surface area contributed by atoms with Gasteiger partial charge in [-0.2, -0.15) is 0 Å². The van der Waals surface area contributed by atoms with Gasteiger partial charge in [0.05, 0.1) is 24.8 Å². The fourth-order valence-electron chi connectivity index (χ4n) is 4.80. The van der Waals surface area contributed by atoms with Gasteiger partial charge in [-0.05, 0) is 60.9 Å². The Morgan fingerprint density at radius 1 is 0.977 bits per heavy atom. The fourth-order valence-corrected chi connectivity index (χ4v) is 6.75. The standard InChI is InChI=1S/C33H32ClN3O5S2/c1-3-5-9-18-42-25-17-14-23(19-26(25)41-4-2)28-27(29(38)22-12-15-24(34)16-13-22)30(39)31(40)37(28)32-35-36-33(44-32)43-20-21-10-7-6-8-11-21/h6-8,10-17,19,28,38H,3-5,9,18,20H2,1-2H3/b29-27+. The van der Waals surface area contributed by atoms with E-state index in [1.807, 2.05) is 37.3 Å². The molecule has 0 aliphatic carbocycles. The molecule has 0 bridgehead atoms. The SMILES string of the molecule is CCCCCOc1ccc(C2/C(=C(\O)c3ccc(Cl)cc3)C(=O)C(=O)N2c2nnc(SCc3ccccc3)s2)cc1OCC. The largest absolute Gasteiger partial charge is 0.507 e. The molecular weight excluding hydrogens is 618 g/mol. The summed E-state index contributed by atoms with van der Waals surface area (Å²) in [6.07, 6.45) is 3.03. The second-order valence-corrected chi connectivity index (χ2v) is 12.6. The van der Waals surface area contributed by atoms with Crippen LogP contribution in [0.1, 0.15) is 55.8 Å². The van der Waals surface area contributed by atoms with Gasteiger partial charge in [0.15, 0.2) is 15.8 Å². The number of ether oxygens (including phenoxy) is 2. The van der Waals surface area contributed by atoms with Crippen LogP contribution in [0.25, 0.3) is 5.76 Å². The highest BCUT2D eigenvalue weighted by Gasteiger charge is 2.48. The van der Waals surface area contributed by atoms with Crippen LogP contribution < -0.4 is 14.4 Å². The molecule has 1 atom stereocenters. The highest BCUT2D eigenvalue weighted by Crippen LogP contribution is 2.45. The molecule has 1 amide bonds. The third-order valence-corrected chi connectivity index (χ3v) is 9.34. The maximum absolute atomic E-state index is 13.6. The van der Waals surface area contributed by atoms with Gasteiger partial charge in [-0.15, -0.1) is 10.2 Å². The Morgan fingerprint density at radius 2 is 1.75 bits per heavy atom. The molecule has 0 saturated carbocycles. The first-order chi connectivity index (χ1) is 21.4. The number of anilines is 1. The van der Waals surface area contributed by atoms with E-state index >= 15 is 0 Å². The average Bonchev–Trinajstić information content (AvgIpc) is 3.61. The highest BCUT2D eigenvalue weighted by molar-refractivity contribution is 8.00. The van der Waals surface area contributed by atoms with Crippen molar-refractivity contribution in [2.45, 2.75) is 49.2 Å². The van der Waals surface area contributed by atoms with Crippen LogP contribution in [-0.2, 0) is 15.3 Å². The normalized spacial score (nSPS) is 16.0. The van der Waals surface area contributed by atoms with Gasteiger partial charge in [0.1, 0.15) is 5.76 Å². The fraction of sp³-hybridized carbons (Fsp3) is 0.273. The average molecular weight is 650 g/mol. The van der Waals surface area contributed by atoms with Crippen LogP contribution in [0.5, 0.6) is 11.5 Å². The molecule has 228 valence electrons. The van der Waals surface area contributed by atoms with E-state index in [2.05, 4.69) is 17.1 Å². The van der Waals surface area contributed by atoms with Crippen LogP contribution in [0.2, 0.25) is 5.02 Å². The number of hydrogen-bond acceptors (Lipinski definition) is 9. The topological polar surface area (TPSA) is 102 Å². The van der Waals surface area contributed by atoms with Crippen LogP contribution >= 0.6 is 34.7 Å². The van der Waals surface area contributed by atoms with Gasteiger partial charge < -0.3 is 14.6 Å².